The molecule has 1 aromatic carbocycles. The van der Waals surface area contributed by atoms with Crippen molar-refractivity contribution < 1.29 is 9.66 Å². The van der Waals surface area contributed by atoms with Gasteiger partial charge in [-0.3, -0.25) is 10.1 Å². The lowest BCUT2D eigenvalue weighted by atomic mass is 10.2. The molecule has 1 N–H and O–H groups in total. The summed E-state index contributed by atoms with van der Waals surface area (Å²) in [5.74, 6) is 0.272. The Balaban J connectivity index is 2.24. The Kier molecular flexibility index (Phi) is 4.52. The Morgan fingerprint density at radius 2 is 2.30 bits per heavy atom. The fraction of sp³-hybridized carbons (Fsp3) is 0.308. The first-order chi connectivity index (χ1) is 9.58. The van der Waals surface area contributed by atoms with Gasteiger partial charge in [0.1, 0.15) is 10.7 Å². The van der Waals surface area contributed by atoms with E-state index >= 15 is 0 Å². The van der Waals surface area contributed by atoms with Gasteiger partial charge >= 0.3 is 5.69 Å². The third-order valence-electron chi connectivity index (χ3n) is 2.46. The Bertz CT molecular complexity index is 585. The fourth-order valence-electron chi connectivity index (χ4n) is 1.71. The standard InChI is InChI=1S/C13H15N3O3S/c1-9(2)19-11-5-3-4-10(13(11)16(17)18)15-8-12-14-6-7-20-12/h3-7,9,15H,8H2,1-2H3. The van der Waals surface area contributed by atoms with Crippen LogP contribution in [0.3, 0.4) is 0 Å². The van der Waals surface area contributed by atoms with Crippen LogP contribution >= 0.6 is 11.3 Å². The summed E-state index contributed by atoms with van der Waals surface area (Å²) in [7, 11) is 0. The van der Waals surface area contributed by atoms with Crippen LogP contribution in [-0.2, 0) is 6.54 Å². The number of aromatic nitrogens is 1. The number of nitrogens with zero attached hydrogens (tertiary/aromatic N) is 2. The van der Waals surface area contributed by atoms with Crippen LogP contribution < -0.4 is 10.1 Å². The Morgan fingerprint density at radius 3 is 2.90 bits per heavy atom. The lowest BCUT2D eigenvalue weighted by molar-refractivity contribution is -0.385. The van der Waals surface area contributed by atoms with Crippen LogP contribution in [-0.4, -0.2) is 16.0 Å². The van der Waals surface area contributed by atoms with Crippen molar-refractivity contribution in [1.82, 2.24) is 4.98 Å². The highest BCUT2D eigenvalue weighted by molar-refractivity contribution is 7.09. The molecule has 0 bridgehead atoms. The zero-order valence-electron chi connectivity index (χ0n) is 11.2. The molecule has 20 heavy (non-hydrogen) atoms. The number of nitro groups is 1. The van der Waals surface area contributed by atoms with Crippen molar-refractivity contribution >= 4 is 22.7 Å². The van der Waals surface area contributed by atoms with Crippen molar-refractivity contribution in [2.75, 3.05) is 5.32 Å². The number of nitro benzene ring substituents is 1. The molecular formula is C13H15N3O3S. The summed E-state index contributed by atoms with van der Waals surface area (Å²) in [6.07, 6.45) is 1.58. The first-order valence-corrected chi connectivity index (χ1v) is 7.02. The molecule has 0 spiro atoms. The van der Waals surface area contributed by atoms with Crippen molar-refractivity contribution in [2.45, 2.75) is 26.5 Å². The van der Waals surface area contributed by atoms with Crippen molar-refractivity contribution in [2.24, 2.45) is 0 Å². The molecule has 0 saturated heterocycles. The smallest absolute Gasteiger partial charge is 0.333 e. The van der Waals surface area contributed by atoms with Crippen LogP contribution in [0.2, 0.25) is 0 Å². The van der Waals surface area contributed by atoms with E-state index in [1.807, 2.05) is 19.2 Å². The molecule has 1 aromatic heterocycles. The molecule has 0 unspecified atom stereocenters. The molecule has 7 heteroatoms. The molecule has 0 aliphatic heterocycles. The SMILES string of the molecule is CC(C)Oc1cccc(NCc2nccs2)c1[N+](=O)[O-]. The van der Waals surface area contributed by atoms with Gasteiger partial charge in [-0.2, -0.15) is 0 Å². The first-order valence-electron chi connectivity index (χ1n) is 6.14. The van der Waals surface area contributed by atoms with E-state index in [1.165, 1.54) is 11.3 Å². The van der Waals surface area contributed by atoms with Crippen LogP contribution in [0.25, 0.3) is 0 Å². The van der Waals surface area contributed by atoms with Gasteiger partial charge in [0.15, 0.2) is 5.75 Å². The number of anilines is 1. The number of thiazole rings is 1. The van der Waals surface area contributed by atoms with Crippen molar-refractivity contribution in [3.05, 3.63) is 44.9 Å². The van der Waals surface area contributed by atoms with Gasteiger partial charge in [-0.1, -0.05) is 6.07 Å². The van der Waals surface area contributed by atoms with Gasteiger partial charge in [0.25, 0.3) is 0 Å². The normalized spacial score (nSPS) is 10.6. The van der Waals surface area contributed by atoms with Crippen LogP contribution in [0.1, 0.15) is 18.9 Å². The molecule has 1 heterocycles. The molecule has 0 aliphatic carbocycles. The van der Waals surface area contributed by atoms with Gasteiger partial charge in [0, 0.05) is 11.6 Å². The monoisotopic (exact) mass is 293 g/mol. The summed E-state index contributed by atoms with van der Waals surface area (Å²) in [4.78, 5) is 15.0. The first kappa shape index (κ1) is 14.3. The second kappa shape index (κ2) is 6.33. The van der Waals surface area contributed by atoms with Crippen molar-refractivity contribution in [1.29, 1.82) is 0 Å². The second-order valence-corrected chi connectivity index (χ2v) is 5.33. The van der Waals surface area contributed by atoms with E-state index in [2.05, 4.69) is 10.3 Å². The number of benzene rings is 1. The maximum atomic E-state index is 11.3. The number of para-hydroxylation sites is 1. The summed E-state index contributed by atoms with van der Waals surface area (Å²) in [5.41, 5.74) is 0.390. The predicted molar refractivity (Wildman–Crippen MR) is 78.3 cm³/mol. The lowest BCUT2D eigenvalue weighted by Gasteiger charge is -2.12. The average molecular weight is 293 g/mol. The van der Waals surface area contributed by atoms with Gasteiger partial charge in [-0.05, 0) is 26.0 Å². The van der Waals surface area contributed by atoms with Crippen LogP contribution in [0, 0.1) is 10.1 Å². The Hall–Kier alpha value is -2.15. The van der Waals surface area contributed by atoms with E-state index in [0.29, 0.717) is 12.2 Å². The fourth-order valence-corrected chi connectivity index (χ4v) is 2.27. The summed E-state index contributed by atoms with van der Waals surface area (Å²) in [6, 6.07) is 5.00. The molecular weight excluding hydrogens is 278 g/mol. The summed E-state index contributed by atoms with van der Waals surface area (Å²) in [6.45, 7) is 4.11. The zero-order valence-corrected chi connectivity index (χ0v) is 12.0. The number of hydrogen-bond donors (Lipinski definition) is 1. The highest BCUT2D eigenvalue weighted by Crippen LogP contribution is 2.35. The number of nitrogens with one attached hydrogen (secondary N) is 1. The number of hydrogen-bond acceptors (Lipinski definition) is 6. The lowest BCUT2D eigenvalue weighted by Crippen LogP contribution is -2.09. The number of rotatable bonds is 6. The third-order valence-corrected chi connectivity index (χ3v) is 3.24. The van der Waals surface area contributed by atoms with Crippen molar-refractivity contribution in [3.63, 3.8) is 0 Å². The van der Waals surface area contributed by atoms with Gasteiger partial charge in [-0.25, -0.2) is 4.98 Å². The van der Waals surface area contributed by atoms with E-state index in [9.17, 15) is 10.1 Å². The minimum absolute atomic E-state index is 0.0437. The molecule has 2 rings (SSSR count). The summed E-state index contributed by atoms with van der Waals surface area (Å²) in [5, 5.41) is 17.0. The van der Waals surface area contributed by atoms with Gasteiger partial charge in [0.2, 0.25) is 0 Å². The van der Waals surface area contributed by atoms with Crippen LogP contribution in [0.4, 0.5) is 11.4 Å². The van der Waals surface area contributed by atoms with Gasteiger partial charge in [0.05, 0.1) is 17.6 Å². The minimum Gasteiger partial charge on any atom is -0.484 e. The maximum Gasteiger partial charge on any atom is 0.333 e. The molecule has 0 saturated carbocycles. The van der Waals surface area contributed by atoms with Gasteiger partial charge in [-0.15, -0.1) is 11.3 Å². The highest BCUT2D eigenvalue weighted by atomic mass is 32.1. The Labute approximate surface area is 120 Å². The zero-order chi connectivity index (χ0) is 14.5. The molecule has 106 valence electrons. The van der Waals surface area contributed by atoms with E-state index in [1.54, 1.807) is 24.4 Å². The van der Waals surface area contributed by atoms with Crippen LogP contribution in [0.5, 0.6) is 5.75 Å². The van der Waals surface area contributed by atoms with E-state index in [-0.39, 0.29) is 17.5 Å². The molecule has 0 atom stereocenters. The second-order valence-electron chi connectivity index (χ2n) is 4.36. The predicted octanol–water partition coefficient (Wildman–Crippen LogP) is 3.45. The maximum absolute atomic E-state index is 11.3. The van der Waals surface area contributed by atoms with E-state index in [0.717, 1.165) is 5.01 Å². The largest absolute Gasteiger partial charge is 0.484 e. The minimum atomic E-state index is -0.429. The molecule has 0 aliphatic rings. The summed E-state index contributed by atoms with van der Waals surface area (Å²) >= 11 is 1.50. The van der Waals surface area contributed by atoms with Crippen molar-refractivity contribution in [3.8, 4) is 5.75 Å². The van der Waals surface area contributed by atoms with Crippen LogP contribution in [0.15, 0.2) is 29.8 Å². The average Bonchev–Trinajstić information content (AvgIpc) is 2.88. The topological polar surface area (TPSA) is 77.3 Å². The molecule has 6 nitrogen and oxygen atoms in total. The molecule has 0 radical (unpaired) electrons. The molecule has 0 fully saturated rings. The van der Waals surface area contributed by atoms with E-state index in [4.69, 9.17) is 4.74 Å². The van der Waals surface area contributed by atoms with Gasteiger partial charge < -0.3 is 10.1 Å². The summed E-state index contributed by atoms with van der Waals surface area (Å²) < 4.78 is 5.49. The number of ether oxygens (including phenoxy) is 1. The molecule has 0 amide bonds. The quantitative estimate of drug-likeness (QED) is 0.652. The Morgan fingerprint density at radius 1 is 1.50 bits per heavy atom. The third kappa shape index (κ3) is 3.45. The highest BCUT2D eigenvalue weighted by Gasteiger charge is 2.21. The molecule has 2 aromatic rings. The van der Waals surface area contributed by atoms with E-state index < -0.39 is 4.92 Å².